The lowest BCUT2D eigenvalue weighted by Gasteiger charge is -2.08. The summed E-state index contributed by atoms with van der Waals surface area (Å²) in [5.74, 6) is 0. The Labute approximate surface area is 340 Å². The molecule has 0 saturated carbocycles. The van der Waals surface area contributed by atoms with E-state index in [0.717, 1.165) is 37.8 Å². The average molecular weight is 778 g/mol. The summed E-state index contributed by atoms with van der Waals surface area (Å²) in [6.45, 7) is 20.6. The standard InChI is InChI=1S/C8H9NO.4C8H10.3C2H6.CH4O3S.2CH4/c1-9(7-10)8-5-3-2-4-6-8;4*1-2-8-6-4-3-5-7-8;3*1-2;1-5(2,3)4;;/h2-7H,1H3;4*3-7H,2H2,1H3;3*1-2H3;1H3,(H,2,3,4);2*1H4. The van der Waals surface area contributed by atoms with Crippen LogP contribution in [0.3, 0.4) is 0 Å². The second-order valence-electron chi connectivity index (χ2n) is 10.1. The highest BCUT2D eigenvalue weighted by Gasteiger charge is 1.93. The summed E-state index contributed by atoms with van der Waals surface area (Å²) in [5, 5.41) is 0. The summed E-state index contributed by atoms with van der Waals surface area (Å²) >= 11 is 0. The third-order valence-corrected chi connectivity index (χ3v) is 6.33. The molecule has 310 valence electrons. The molecule has 55 heavy (non-hydrogen) atoms. The van der Waals surface area contributed by atoms with Gasteiger partial charge in [-0.3, -0.25) is 9.35 Å². The van der Waals surface area contributed by atoms with Crippen molar-refractivity contribution in [3.05, 3.63) is 174 Å². The highest BCUT2D eigenvalue weighted by Crippen LogP contribution is 2.08. The van der Waals surface area contributed by atoms with Gasteiger partial charge in [-0.25, -0.2) is 0 Å². The molecule has 1 amide bonds. The minimum Gasteiger partial charge on any atom is -0.318 e. The first-order valence-corrected chi connectivity index (χ1v) is 20.7. The smallest absolute Gasteiger partial charge is 0.261 e. The first-order chi connectivity index (χ1) is 25.6. The lowest BCUT2D eigenvalue weighted by atomic mass is 10.2. The molecule has 0 atom stereocenters. The van der Waals surface area contributed by atoms with Crippen molar-refractivity contribution in [2.45, 2.75) is 110 Å². The molecule has 0 aromatic heterocycles. The van der Waals surface area contributed by atoms with Crippen LogP contribution in [0.4, 0.5) is 5.69 Å². The summed E-state index contributed by atoms with van der Waals surface area (Å²) in [4.78, 5) is 11.8. The maximum atomic E-state index is 10.2. The van der Waals surface area contributed by atoms with Crippen LogP contribution in [-0.4, -0.2) is 32.7 Å². The van der Waals surface area contributed by atoms with E-state index in [1.807, 2.05) is 96.1 Å². The Hall–Kier alpha value is -4.52. The topological polar surface area (TPSA) is 74.7 Å². The molecule has 0 aliphatic rings. The molecule has 5 aromatic rings. The van der Waals surface area contributed by atoms with Gasteiger partial charge in [-0.05, 0) is 60.1 Å². The molecule has 0 aliphatic heterocycles. The van der Waals surface area contributed by atoms with E-state index in [-0.39, 0.29) is 14.9 Å². The molecule has 0 aliphatic carbocycles. The van der Waals surface area contributed by atoms with Crippen molar-refractivity contribution in [1.29, 1.82) is 0 Å². The van der Waals surface area contributed by atoms with Crippen LogP contribution in [0.1, 0.15) is 106 Å². The largest absolute Gasteiger partial charge is 0.318 e. The van der Waals surface area contributed by atoms with Gasteiger partial charge in [-0.15, -0.1) is 0 Å². The number of anilines is 1. The predicted octanol–water partition coefficient (Wildman–Crippen LogP) is 14.1. The van der Waals surface area contributed by atoms with Crippen LogP contribution in [-0.2, 0) is 40.6 Å². The Kier molecular flexibility index (Phi) is 53.9. The molecule has 0 spiro atoms. The van der Waals surface area contributed by atoms with E-state index in [1.165, 1.54) is 27.2 Å². The van der Waals surface area contributed by atoms with Gasteiger partial charge in [0, 0.05) is 12.7 Å². The second-order valence-corrected chi connectivity index (χ2v) is 11.6. The lowest BCUT2D eigenvalue weighted by Crippen LogP contribution is -2.12. The molecule has 0 bridgehead atoms. The van der Waals surface area contributed by atoms with Crippen LogP contribution in [0.25, 0.3) is 0 Å². The molecule has 5 rings (SSSR count). The Bertz CT molecular complexity index is 1330. The number of benzene rings is 5. The zero-order chi connectivity index (χ0) is 41.2. The molecule has 5 nitrogen and oxygen atoms in total. The molecule has 6 heteroatoms. The van der Waals surface area contributed by atoms with Crippen molar-refractivity contribution < 1.29 is 17.8 Å². The molecule has 0 saturated heterocycles. The first-order valence-electron chi connectivity index (χ1n) is 18.9. The van der Waals surface area contributed by atoms with Crippen LogP contribution in [0.15, 0.2) is 152 Å². The van der Waals surface area contributed by atoms with Crippen LogP contribution < -0.4 is 4.90 Å². The fourth-order valence-electron chi connectivity index (χ4n) is 3.58. The van der Waals surface area contributed by atoms with Gasteiger partial charge in [0.15, 0.2) is 0 Å². The number of aryl methyl sites for hydroxylation is 4. The Morgan fingerprint density at radius 2 is 0.618 bits per heavy atom. The number of amides is 1. The number of carbonyl (C=O) groups is 1. The van der Waals surface area contributed by atoms with Crippen molar-refractivity contribution in [2.24, 2.45) is 0 Å². The first kappa shape index (κ1) is 62.5. The van der Waals surface area contributed by atoms with E-state index in [0.29, 0.717) is 6.26 Å². The van der Waals surface area contributed by atoms with E-state index < -0.39 is 10.1 Å². The molecular formula is C49H79NO4S. The zero-order valence-electron chi connectivity index (χ0n) is 34.9. The number of carbonyl (C=O) groups excluding carboxylic acids is 1. The van der Waals surface area contributed by atoms with E-state index >= 15 is 0 Å². The van der Waals surface area contributed by atoms with E-state index in [4.69, 9.17) is 4.55 Å². The number of hydrogen-bond acceptors (Lipinski definition) is 3. The molecule has 0 radical (unpaired) electrons. The lowest BCUT2D eigenvalue weighted by molar-refractivity contribution is -0.107. The van der Waals surface area contributed by atoms with Gasteiger partial charge < -0.3 is 4.90 Å². The van der Waals surface area contributed by atoms with E-state index in [9.17, 15) is 13.2 Å². The summed E-state index contributed by atoms with van der Waals surface area (Å²) < 4.78 is 25.9. The van der Waals surface area contributed by atoms with E-state index in [1.54, 1.807) is 7.05 Å². The molecule has 1 N–H and O–H groups in total. The van der Waals surface area contributed by atoms with Gasteiger partial charge in [0.25, 0.3) is 10.1 Å². The minimum atomic E-state index is -3.67. The van der Waals surface area contributed by atoms with Gasteiger partial charge in [-0.1, -0.05) is 224 Å². The summed E-state index contributed by atoms with van der Waals surface area (Å²) in [5.41, 5.74) is 6.55. The van der Waals surface area contributed by atoms with Crippen molar-refractivity contribution in [2.75, 3.05) is 18.2 Å². The number of hydrogen-bond donors (Lipinski definition) is 1. The SMILES string of the molecule is C.C.CC.CC.CC.CCc1ccccc1.CCc1ccccc1.CCc1ccccc1.CCc1ccccc1.CN(C=O)c1ccccc1.CS(=O)(=O)O. The summed E-state index contributed by atoms with van der Waals surface area (Å²) in [6.07, 6.45) is 6.06. The van der Waals surface area contributed by atoms with Crippen molar-refractivity contribution in [3.8, 4) is 0 Å². The Balaban J connectivity index is -0.000000127. The fraction of sp³-hybridized carbons (Fsp3) is 0.367. The highest BCUT2D eigenvalue weighted by atomic mass is 32.2. The minimum absolute atomic E-state index is 0. The average Bonchev–Trinajstić information content (AvgIpc) is 3.24. The summed E-state index contributed by atoms with van der Waals surface area (Å²) in [6, 6.07) is 51.3. The fourth-order valence-corrected chi connectivity index (χ4v) is 3.58. The van der Waals surface area contributed by atoms with Gasteiger partial charge in [-0.2, -0.15) is 8.42 Å². The van der Waals surface area contributed by atoms with Gasteiger partial charge in [0.2, 0.25) is 6.41 Å². The molecule has 0 unspecified atom stereocenters. The third kappa shape index (κ3) is 45.6. The second kappa shape index (κ2) is 47.5. The van der Waals surface area contributed by atoms with Crippen LogP contribution in [0.5, 0.6) is 0 Å². The zero-order valence-corrected chi connectivity index (χ0v) is 35.7. The van der Waals surface area contributed by atoms with Crippen molar-refractivity contribution in [1.82, 2.24) is 0 Å². The molecular weight excluding hydrogens is 699 g/mol. The third-order valence-electron chi connectivity index (χ3n) is 6.33. The van der Waals surface area contributed by atoms with Crippen LogP contribution in [0.2, 0.25) is 0 Å². The summed E-state index contributed by atoms with van der Waals surface area (Å²) in [7, 11) is -1.94. The molecule has 5 aromatic carbocycles. The highest BCUT2D eigenvalue weighted by molar-refractivity contribution is 7.85. The number of nitrogens with zero attached hydrogens (tertiary/aromatic N) is 1. The monoisotopic (exact) mass is 778 g/mol. The maximum Gasteiger partial charge on any atom is 0.261 e. The molecule has 0 fully saturated rings. The quantitative estimate of drug-likeness (QED) is 0.138. The molecule has 0 heterocycles. The number of para-hydroxylation sites is 1. The van der Waals surface area contributed by atoms with Crippen molar-refractivity contribution in [3.63, 3.8) is 0 Å². The van der Waals surface area contributed by atoms with Gasteiger partial charge >= 0.3 is 0 Å². The van der Waals surface area contributed by atoms with Gasteiger partial charge in [0.1, 0.15) is 0 Å². The number of rotatable bonds is 6. The van der Waals surface area contributed by atoms with Crippen molar-refractivity contribution >= 4 is 22.2 Å². The van der Waals surface area contributed by atoms with Crippen LogP contribution in [0, 0.1) is 0 Å². The normalized spacial score (nSPS) is 8.31. The predicted molar refractivity (Wildman–Crippen MR) is 249 cm³/mol. The maximum absolute atomic E-state index is 10.2. The van der Waals surface area contributed by atoms with E-state index in [2.05, 4.69) is 125 Å². The Morgan fingerprint density at radius 1 is 0.455 bits per heavy atom. The Morgan fingerprint density at radius 3 is 0.745 bits per heavy atom. The van der Waals surface area contributed by atoms with Crippen LogP contribution >= 0.6 is 0 Å². The van der Waals surface area contributed by atoms with Gasteiger partial charge in [0.05, 0.1) is 6.26 Å².